The molecule has 0 amide bonds. The Morgan fingerprint density at radius 3 is 1.46 bits per heavy atom. The first-order valence-electron chi connectivity index (χ1n) is 26.2. The second-order valence-corrected chi connectivity index (χ2v) is 18.0. The van der Waals surface area contributed by atoms with Crippen molar-refractivity contribution in [1.82, 2.24) is 0 Å². The summed E-state index contributed by atoms with van der Waals surface area (Å²) in [6.07, 6.45) is 33.2. The predicted octanol–water partition coefficient (Wildman–Crippen LogP) is 7.60. The molecule has 0 aromatic heterocycles. The van der Waals surface area contributed by atoms with Crippen LogP contribution in [-0.4, -0.2) is 142 Å². The summed E-state index contributed by atoms with van der Waals surface area (Å²) in [5, 5.41) is 72.1. The molecule has 2 rings (SSSR count). The largest absolute Gasteiger partial charge is 0.462 e. The molecule has 0 aromatic carbocycles. The van der Waals surface area contributed by atoms with Gasteiger partial charge in [-0.1, -0.05) is 144 Å². The zero-order valence-corrected chi connectivity index (χ0v) is 42.2. The molecule has 2 heterocycles. The van der Waals surface area contributed by atoms with Gasteiger partial charge in [-0.3, -0.25) is 9.59 Å². The van der Waals surface area contributed by atoms with Crippen molar-refractivity contribution in [2.45, 2.75) is 223 Å². The molecule has 70 heavy (non-hydrogen) atoms. The lowest BCUT2D eigenvalue weighted by molar-refractivity contribution is -0.332. The maximum Gasteiger partial charge on any atom is 0.306 e. The van der Waals surface area contributed by atoms with Gasteiger partial charge in [0.2, 0.25) is 0 Å². The summed E-state index contributed by atoms with van der Waals surface area (Å²) in [6.45, 7) is 2.37. The van der Waals surface area contributed by atoms with Gasteiger partial charge in [-0.25, -0.2) is 0 Å². The number of allylic oxidation sites excluding steroid dienone is 14. The van der Waals surface area contributed by atoms with Crippen LogP contribution in [0.4, 0.5) is 0 Å². The van der Waals surface area contributed by atoms with Crippen molar-refractivity contribution >= 4 is 11.9 Å². The van der Waals surface area contributed by atoms with E-state index in [4.69, 9.17) is 28.4 Å². The van der Waals surface area contributed by atoms with E-state index >= 15 is 0 Å². The maximum absolute atomic E-state index is 13.0. The fraction of sp³-hybridized carbons (Fsp3) is 0.709. The van der Waals surface area contributed by atoms with Crippen LogP contribution in [0.15, 0.2) is 85.1 Å². The topological polar surface area (TPSA) is 231 Å². The van der Waals surface area contributed by atoms with Gasteiger partial charge in [0.1, 0.15) is 55.4 Å². The van der Waals surface area contributed by atoms with E-state index in [1.807, 2.05) is 12.2 Å². The zero-order chi connectivity index (χ0) is 51.0. The van der Waals surface area contributed by atoms with E-state index in [1.54, 1.807) is 0 Å². The van der Waals surface area contributed by atoms with E-state index in [-0.39, 0.29) is 19.4 Å². The van der Waals surface area contributed by atoms with Gasteiger partial charge < -0.3 is 64.2 Å². The molecule has 2 aliphatic heterocycles. The molecule has 15 nitrogen and oxygen atoms in total. The van der Waals surface area contributed by atoms with Gasteiger partial charge in [0, 0.05) is 12.8 Å². The number of rotatable bonds is 39. The van der Waals surface area contributed by atoms with E-state index in [0.717, 1.165) is 83.5 Å². The van der Waals surface area contributed by atoms with Gasteiger partial charge in [0.15, 0.2) is 18.7 Å². The first-order valence-corrected chi connectivity index (χ1v) is 26.2. The summed E-state index contributed by atoms with van der Waals surface area (Å²) >= 11 is 0. The minimum atomic E-state index is -1.78. The number of carbonyl (C=O) groups excluding carboxylic acids is 2. The molecular formula is C55H90O15. The van der Waals surface area contributed by atoms with Crippen molar-refractivity contribution in [2.24, 2.45) is 0 Å². The third-order valence-electron chi connectivity index (χ3n) is 11.9. The average Bonchev–Trinajstić information content (AvgIpc) is 3.35. The lowest BCUT2D eigenvalue weighted by Gasteiger charge is -2.42. The molecule has 0 radical (unpaired) electrons. The Morgan fingerprint density at radius 2 is 0.914 bits per heavy atom. The molecule has 0 aliphatic carbocycles. The monoisotopic (exact) mass is 991 g/mol. The van der Waals surface area contributed by atoms with Crippen LogP contribution in [-0.2, 0) is 38.0 Å². The Balaban J connectivity index is 1.84. The number of unbranched alkanes of at least 4 members (excludes halogenated alkanes) is 11. The van der Waals surface area contributed by atoms with Crippen molar-refractivity contribution in [1.29, 1.82) is 0 Å². The van der Waals surface area contributed by atoms with Crippen LogP contribution in [0, 0.1) is 0 Å². The van der Waals surface area contributed by atoms with Crippen molar-refractivity contribution in [2.75, 3.05) is 26.4 Å². The van der Waals surface area contributed by atoms with Crippen molar-refractivity contribution < 1.29 is 73.8 Å². The highest BCUT2D eigenvalue weighted by Crippen LogP contribution is 2.26. The zero-order valence-electron chi connectivity index (χ0n) is 42.2. The van der Waals surface area contributed by atoms with Gasteiger partial charge >= 0.3 is 11.9 Å². The van der Waals surface area contributed by atoms with E-state index in [1.165, 1.54) is 25.7 Å². The Morgan fingerprint density at radius 1 is 0.471 bits per heavy atom. The fourth-order valence-corrected chi connectivity index (χ4v) is 7.58. The SMILES string of the molecule is CC/C=C/C/C=C/C/C=C/C/C=C/C/C=C/CCCC(=O)O[C@@H](COC(=O)CCCCCCCCC/C=C/C/C=C/CCCCC)CO[C@@H]1O[C@H](CO[C@@H]2O[C@H](CO)[C@H](O)C(O)C2O)[C@H](O)C(O)C1O. The number of ether oxygens (including phenoxy) is 6. The molecule has 0 bridgehead atoms. The van der Waals surface area contributed by atoms with Crippen LogP contribution >= 0.6 is 0 Å². The molecule has 400 valence electrons. The predicted molar refractivity (Wildman–Crippen MR) is 270 cm³/mol. The summed E-state index contributed by atoms with van der Waals surface area (Å²) in [5.41, 5.74) is 0. The molecule has 0 spiro atoms. The lowest BCUT2D eigenvalue weighted by atomic mass is 9.98. The summed E-state index contributed by atoms with van der Waals surface area (Å²) in [4.78, 5) is 25.8. The minimum absolute atomic E-state index is 0.0805. The number of hydrogen-bond acceptors (Lipinski definition) is 15. The van der Waals surface area contributed by atoms with Crippen LogP contribution < -0.4 is 0 Å². The van der Waals surface area contributed by atoms with Crippen LogP contribution in [0.5, 0.6) is 0 Å². The van der Waals surface area contributed by atoms with E-state index in [0.29, 0.717) is 19.3 Å². The molecular weight excluding hydrogens is 901 g/mol. The van der Waals surface area contributed by atoms with E-state index in [9.17, 15) is 45.3 Å². The summed E-state index contributed by atoms with van der Waals surface area (Å²) < 4.78 is 33.5. The highest BCUT2D eigenvalue weighted by atomic mass is 16.7. The second-order valence-electron chi connectivity index (χ2n) is 18.0. The summed E-state index contributed by atoms with van der Waals surface area (Å²) in [7, 11) is 0. The van der Waals surface area contributed by atoms with Crippen molar-refractivity contribution in [3.05, 3.63) is 85.1 Å². The number of aliphatic hydroxyl groups excluding tert-OH is 7. The molecule has 15 heteroatoms. The molecule has 2 fully saturated rings. The molecule has 4 unspecified atom stereocenters. The van der Waals surface area contributed by atoms with Crippen molar-refractivity contribution in [3.63, 3.8) is 0 Å². The third-order valence-corrected chi connectivity index (χ3v) is 11.9. The standard InChI is InChI=1S/C55H90O15/c1-3-5-7-9-11-13-15-17-19-21-23-25-27-29-31-33-35-37-46(57)65-40-43(68-47(58)38-36-34-32-30-28-26-24-22-20-18-16-14-12-10-8-6-4-2)41-66-54-53(64)51(62)49(60)45(70-54)42-67-55-52(63)50(61)48(59)44(39-56)69-55/h6,8,11-14,17-20,24,26,30,32,43-45,48-56,59-64H,3-5,7,9-10,15-16,21-23,25,27-29,31,33-42H2,1-2H3/b8-6+,13-11+,14-12+,19-17+,20-18+,26-24+,32-30+/t43-,44+,45+,48-,49-,50?,51?,52?,53?,54+,55+/m0/s1. The Hall–Kier alpha value is -3.32. The van der Waals surface area contributed by atoms with Gasteiger partial charge in [-0.05, 0) is 83.5 Å². The molecule has 2 aliphatic rings. The summed E-state index contributed by atoms with van der Waals surface area (Å²) in [5.74, 6) is -1.01. The van der Waals surface area contributed by atoms with E-state index in [2.05, 4.69) is 86.8 Å². The third kappa shape index (κ3) is 28.7. The number of carbonyl (C=O) groups is 2. The molecule has 0 aromatic rings. The maximum atomic E-state index is 13.0. The highest BCUT2D eigenvalue weighted by molar-refractivity contribution is 5.70. The molecule has 7 N–H and O–H groups in total. The van der Waals surface area contributed by atoms with Crippen LogP contribution in [0.3, 0.4) is 0 Å². The lowest BCUT2D eigenvalue weighted by Crippen LogP contribution is -2.61. The normalized spacial score (nSPS) is 26.1. The Labute approximate surface area is 418 Å². The van der Waals surface area contributed by atoms with Crippen LogP contribution in [0.25, 0.3) is 0 Å². The molecule has 2 saturated heterocycles. The fourth-order valence-electron chi connectivity index (χ4n) is 7.58. The van der Waals surface area contributed by atoms with E-state index < -0.39 is 99.3 Å². The molecule has 11 atom stereocenters. The second kappa shape index (κ2) is 41.2. The smallest absolute Gasteiger partial charge is 0.306 e. The number of hydrogen-bond donors (Lipinski definition) is 7. The van der Waals surface area contributed by atoms with Crippen molar-refractivity contribution in [3.8, 4) is 0 Å². The highest BCUT2D eigenvalue weighted by Gasteiger charge is 2.47. The van der Waals surface area contributed by atoms with Gasteiger partial charge in [0.25, 0.3) is 0 Å². The Bertz CT molecular complexity index is 1540. The first-order chi connectivity index (χ1) is 34.0. The average molecular weight is 991 g/mol. The van der Waals surface area contributed by atoms with Gasteiger partial charge in [-0.2, -0.15) is 0 Å². The molecule has 0 saturated carbocycles. The van der Waals surface area contributed by atoms with Crippen LogP contribution in [0.2, 0.25) is 0 Å². The summed E-state index contributed by atoms with van der Waals surface area (Å²) in [6, 6.07) is 0. The minimum Gasteiger partial charge on any atom is -0.462 e. The number of esters is 2. The Kier molecular flexibility index (Phi) is 36.9. The first kappa shape index (κ1) is 62.8. The number of aliphatic hydroxyl groups is 7. The van der Waals surface area contributed by atoms with Crippen LogP contribution in [0.1, 0.15) is 155 Å². The van der Waals surface area contributed by atoms with Gasteiger partial charge in [0.05, 0.1) is 19.8 Å². The van der Waals surface area contributed by atoms with Gasteiger partial charge in [-0.15, -0.1) is 0 Å². The quantitative estimate of drug-likeness (QED) is 0.0179.